The van der Waals surface area contributed by atoms with Crippen molar-refractivity contribution in [3.8, 4) is 0 Å². The van der Waals surface area contributed by atoms with E-state index >= 15 is 0 Å². The van der Waals surface area contributed by atoms with Gasteiger partial charge in [0.1, 0.15) is 11.4 Å². The highest BCUT2D eigenvalue weighted by Crippen LogP contribution is 2.27. The second-order valence-electron chi connectivity index (χ2n) is 3.53. The molecule has 1 aromatic heterocycles. The molecular formula is C11H14ClNO3S. The fraction of sp³-hybridized carbons (Fsp3) is 0.455. The topological polar surface area (TPSA) is 46.6 Å². The molecule has 4 nitrogen and oxygen atoms in total. The Morgan fingerprint density at radius 3 is 2.65 bits per heavy atom. The summed E-state index contributed by atoms with van der Waals surface area (Å²) in [5.74, 6) is -0.686. The van der Waals surface area contributed by atoms with E-state index < -0.39 is 5.97 Å². The standard InChI is InChI=1S/C11H14ClNO3S/c1-4-16-8(14)5-13(3)11(15)10-9(12)7(2)6-17-10/h6H,4-5H2,1-3H3. The third-order valence-electron chi connectivity index (χ3n) is 2.11. The van der Waals surface area contributed by atoms with Gasteiger partial charge in [-0.25, -0.2) is 0 Å². The van der Waals surface area contributed by atoms with Crippen molar-refractivity contribution >= 4 is 34.8 Å². The van der Waals surface area contributed by atoms with Crippen LogP contribution in [0.5, 0.6) is 0 Å². The monoisotopic (exact) mass is 275 g/mol. The van der Waals surface area contributed by atoms with Crippen molar-refractivity contribution in [3.63, 3.8) is 0 Å². The lowest BCUT2D eigenvalue weighted by Crippen LogP contribution is -2.32. The average Bonchev–Trinajstić information content (AvgIpc) is 2.59. The van der Waals surface area contributed by atoms with Gasteiger partial charge in [0.2, 0.25) is 0 Å². The molecule has 1 aromatic rings. The molecule has 17 heavy (non-hydrogen) atoms. The van der Waals surface area contributed by atoms with Gasteiger partial charge in [0.15, 0.2) is 0 Å². The van der Waals surface area contributed by atoms with Crippen LogP contribution in [0.2, 0.25) is 5.02 Å². The Labute approximate surface area is 109 Å². The van der Waals surface area contributed by atoms with Crippen LogP contribution >= 0.6 is 22.9 Å². The van der Waals surface area contributed by atoms with E-state index in [1.54, 1.807) is 14.0 Å². The number of aryl methyl sites for hydroxylation is 1. The van der Waals surface area contributed by atoms with E-state index in [0.717, 1.165) is 5.56 Å². The molecule has 0 saturated carbocycles. The quantitative estimate of drug-likeness (QED) is 0.793. The molecule has 0 bridgehead atoms. The van der Waals surface area contributed by atoms with Crippen LogP contribution in [0, 0.1) is 6.92 Å². The SMILES string of the molecule is CCOC(=O)CN(C)C(=O)c1scc(C)c1Cl. The third kappa shape index (κ3) is 3.44. The zero-order chi connectivity index (χ0) is 13.0. The fourth-order valence-electron chi connectivity index (χ4n) is 1.22. The maximum absolute atomic E-state index is 12.0. The van der Waals surface area contributed by atoms with Crippen LogP contribution < -0.4 is 0 Å². The summed E-state index contributed by atoms with van der Waals surface area (Å²) in [7, 11) is 1.55. The van der Waals surface area contributed by atoms with Gasteiger partial charge in [-0.3, -0.25) is 9.59 Å². The number of nitrogens with zero attached hydrogens (tertiary/aromatic N) is 1. The Bertz CT molecular complexity index is 430. The lowest BCUT2D eigenvalue weighted by molar-refractivity contribution is -0.143. The molecule has 6 heteroatoms. The Morgan fingerprint density at radius 1 is 1.53 bits per heavy atom. The molecule has 0 aliphatic heterocycles. The first kappa shape index (κ1) is 14.0. The third-order valence-corrected chi connectivity index (χ3v) is 3.80. The minimum absolute atomic E-state index is 0.0695. The smallest absolute Gasteiger partial charge is 0.325 e. The molecule has 1 heterocycles. The number of thiophene rings is 1. The van der Waals surface area contributed by atoms with Gasteiger partial charge < -0.3 is 9.64 Å². The van der Waals surface area contributed by atoms with Gasteiger partial charge in [-0.1, -0.05) is 11.6 Å². The first-order valence-corrected chi connectivity index (χ1v) is 6.37. The van der Waals surface area contributed by atoms with Gasteiger partial charge in [0.05, 0.1) is 11.6 Å². The van der Waals surface area contributed by atoms with E-state index in [1.807, 2.05) is 12.3 Å². The summed E-state index contributed by atoms with van der Waals surface area (Å²) in [6.07, 6.45) is 0. The Morgan fingerprint density at radius 2 is 2.18 bits per heavy atom. The Balaban J connectivity index is 2.70. The molecule has 94 valence electrons. The average molecular weight is 276 g/mol. The van der Waals surface area contributed by atoms with E-state index in [1.165, 1.54) is 16.2 Å². The predicted molar refractivity (Wildman–Crippen MR) is 67.7 cm³/mol. The van der Waals surface area contributed by atoms with E-state index in [4.69, 9.17) is 16.3 Å². The van der Waals surface area contributed by atoms with Crippen molar-refractivity contribution in [2.45, 2.75) is 13.8 Å². The van der Waals surface area contributed by atoms with Crippen molar-refractivity contribution in [1.29, 1.82) is 0 Å². The molecule has 0 atom stereocenters. The molecule has 0 aliphatic rings. The molecule has 0 N–H and O–H groups in total. The molecule has 0 unspecified atom stereocenters. The van der Waals surface area contributed by atoms with Crippen LogP contribution in [0.4, 0.5) is 0 Å². The van der Waals surface area contributed by atoms with Gasteiger partial charge in [-0.15, -0.1) is 11.3 Å². The van der Waals surface area contributed by atoms with Crippen LogP contribution in [0.15, 0.2) is 5.38 Å². The molecule has 0 radical (unpaired) electrons. The van der Waals surface area contributed by atoms with Crippen molar-refractivity contribution in [2.75, 3.05) is 20.2 Å². The number of ether oxygens (including phenoxy) is 1. The number of halogens is 1. The molecule has 1 amide bonds. The maximum Gasteiger partial charge on any atom is 0.325 e. The zero-order valence-corrected chi connectivity index (χ0v) is 11.5. The molecule has 0 aliphatic carbocycles. The number of carbonyl (C=O) groups is 2. The summed E-state index contributed by atoms with van der Waals surface area (Å²) in [4.78, 5) is 25.0. The zero-order valence-electron chi connectivity index (χ0n) is 9.95. The number of amides is 1. The summed E-state index contributed by atoms with van der Waals surface area (Å²) >= 11 is 7.27. The Hall–Kier alpha value is -1.07. The van der Waals surface area contributed by atoms with E-state index in [9.17, 15) is 9.59 Å². The summed E-state index contributed by atoms with van der Waals surface area (Å²) in [5.41, 5.74) is 0.865. The van der Waals surface area contributed by atoms with Crippen molar-refractivity contribution in [3.05, 3.63) is 20.8 Å². The van der Waals surface area contributed by atoms with Crippen LogP contribution in [-0.4, -0.2) is 37.0 Å². The maximum atomic E-state index is 12.0. The number of hydrogen-bond donors (Lipinski definition) is 0. The van der Waals surface area contributed by atoms with Gasteiger partial charge in [-0.2, -0.15) is 0 Å². The summed E-state index contributed by atoms with van der Waals surface area (Å²) in [5, 5.41) is 2.27. The molecule has 1 rings (SSSR count). The lowest BCUT2D eigenvalue weighted by Gasteiger charge is -2.15. The highest BCUT2D eigenvalue weighted by atomic mass is 35.5. The van der Waals surface area contributed by atoms with Crippen LogP contribution in [0.3, 0.4) is 0 Å². The molecule has 0 saturated heterocycles. The minimum Gasteiger partial charge on any atom is -0.465 e. The van der Waals surface area contributed by atoms with Gasteiger partial charge in [0, 0.05) is 7.05 Å². The number of rotatable bonds is 4. The summed E-state index contributed by atoms with van der Waals surface area (Å²) in [6, 6.07) is 0. The largest absolute Gasteiger partial charge is 0.465 e. The molecule has 0 fully saturated rings. The van der Waals surface area contributed by atoms with E-state index in [0.29, 0.717) is 16.5 Å². The fourth-order valence-corrected chi connectivity index (χ4v) is 2.49. The van der Waals surface area contributed by atoms with Crippen LogP contribution in [0.25, 0.3) is 0 Å². The van der Waals surface area contributed by atoms with Crippen molar-refractivity contribution in [2.24, 2.45) is 0 Å². The second-order valence-corrected chi connectivity index (χ2v) is 4.79. The second kappa shape index (κ2) is 6.02. The van der Waals surface area contributed by atoms with Crippen LogP contribution in [0.1, 0.15) is 22.2 Å². The summed E-state index contributed by atoms with van der Waals surface area (Å²) in [6.45, 7) is 3.79. The molecular weight excluding hydrogens is 262 g/mol. The van der Waals surface area contributed by atoms with E-state index in [-0.39, 0.29) is 12.5 Å². The number of hydrogen-bond acceptors (Lipinski definition) is 4. The predicted octanol–water partition coefficient (Wildman–Crippen LogP) is 2.35. The van der Waals surface area contributed by atoms with Crippen molar-refractivity contribution < 1.29 is 14.3 Å². The van der Waals surface area contributed by atoms with Gasteiger partial charge in [0.25, 0.3) is 5.91 Å². The van der Waals surface area contributed by atoms with Crippen LogP contribution in [-0.2, 0) is 9.53 Å². The summed E-state index contributed by atoms with van der Waals surface area (Å²) < 4.78 is 4.77. The van der Waals surface area contributed by atoms with Gasteiger partial charge in [-0.05, 0) is 24.8 Å². The number of esters is 1. The molecule has 0 spiro atoms. The highest BCUT2D eigenvalue weighted by molar-refractivity contribution is 7.13. The molecule has 0 aromatic carbocycles. The Kier molecular flexibility index (Phi) is 4.96. The highest BCUT2D eigenvalue weighted by Gasteiger charge is 2.20. The van der Waals surface area contributed by atoms with E-state index in [2.05, 4.69) is 0 Å². The first-order chi connectivity index (χ1) is 7.97. The number of carbonyl (C=O) groups excluding carboxylic acids is 2. The van der Waals surface area contributed by atoms with Crippen molar-refractivity contribution in [1.82, 2.24) is 4.90 Å². The first-order valence-electron chi connectivity index (χ1n) is 5.12. The van der Waals surface area contributed by atoms with Gasteiger partial charge >= 0.3 is 5.97 Å². The number of likely N-dealkylation sites (N-methyl/N-ethyl adjacent to an activating group) is 1. The minimum atomic E-state index is -0.423. The normalized spacial score (nSPS) is 10.1. The lowest BCUT2D eigenvalue weighted by atomic mass is 10.3.